The number of aryl methyl sites for hydroxylation is 2. The minimum atomic E-state index is -0.544. The fourth-order valence-corrected chi connectivity index (χ4v) is 4.36. The number of carbonyl (C=O) groups is 1. The minimum absolute atomic E-state index is 0.0375. The van der Waals surface area contributed by atoms with Crippen LogP contribution in [0.1, 0.15) is 65.7 Å². The number of nitrogens with zero attached hydrogens (tertiary/aromatic N) is 6. The van der Waals surface area contributed by atoms with Crippen LogP contribution < -0.4 is 5.63 Å². The molecule has 156 valence electrons. The van der Waals surface area contributed by atoms with E-state index < -0.39 is 5.63 Å². The number of hydrogen-bond acceptors (Lipinski definition) is 6. The van der Waals surface area contributed by atoms with Crippen molar-refractivity contribution in [3.05, 3.63) is 51.6 Å². The highest BCUT2D eigenvalue weighted by atomic mass is 16.4. The van der Waals surface area contributed by atoms with Crippen LogP contribution in [0.15, 0.2) is 27.7 Å². The summed E-state index contributed by atoms with van der Waals surface area (Å²) in [5.41, 5.74) is 1.13. The molecule has 1 saturated carbocycles. The number of fused-ring (bicyclic) bond motifs is 1. The van der Waals surface area contributed by atoms with Gasteiger partial charge in [-0.3, -0.25) is 9.48 Å². The summed E-state index contributed by atoms with van der Waals surface area (Å²) >= 11 is 0. The van der Waals surface area contributed by atoms with Crippen molar-refractivity contribution in [2.45, 2.75) is 51.6 Å². The molecule has 0 N–H and O–H groups in total. The van der Waals surface area contributed by atoms with Crippen molar-refractivity contribution >= 4 is 5.91 Å². The number of amides is 1. The van der Waals surface area contributed by atoms with Gasteiger partial charge in [-0.25, -0.2) is 4.79 Å². The van der Waals surface area contributed by atoms with E-state index in [4.69, 9.17) is 4.42 Å². The molecule has 1 amide bonds. The summed E-state index contributed by atoms with van der Waals surface area (Å²) in [7, 11) is 1.85. The molecule has 0 saturated heterocycles. The van der Waals surface area contributed by atoms with Crippen molar-refractivity contribution in [3.63, 3.8) is 0 Å². The van der Waals surface area contributed by atoms with Crippen molar-refractivity contribution in [2.75, 3.05) is 6.54 Å². The van der Waals surface area contributed by atoms with Gasteiger partial charge in [0, 0.05) is 25.7 Å². The van der Waals surface area contributed by atoms with Crippen molar-refractivity contribution < 1.29 is 9.21 Å². The molecule has 4 heterocycles. The topological polar surface area (TPSA) is 99.1 Å². The van der Waals surface area contributed by atoms with Crippen LogP contribution in [0.2, 0.25) is 0 Å². The molecule has 3 aromatic heterocycles. The molecule has 0 aromatic carbocycles. The maximum Gasteiger partial charge on any atom is 0.349 e. The van der Waals surface area contributed by atoms with E-state index in [1.165, 1.54) is 0 Å². The number of rotatable bonds is 3. The predicted octanol–water partition coefficient (Wildman–Crippen LogP) is 2.42. The second kappa shape index (κ2) is 6.93. The Morgan fingerprint density at radius 1 is 1.27 bits per heavy atom. The summed E-state index contributed by atoms with van der Waals surface area (Å²) in [5, 5.41) is 12.8. The predicted molar refractivity (Wildman–Crippen MR) is 108 cm³/mol. The van der Waals surface area contributed by atoms with Crippen LogP contribution in [0.3, 0.4) is 0 Å². The average Bonchev–Trinajstić information content (AvgIpc) is 3.25. The highest BCUT2D eigenvalue weighted by Gasteiger charge is 2.33. The fourth-order valence-electron chi connectivity index (χ4n) is 4.36. The van der Waals surface area contributed by atoms with Gasteiger partial charge >= 0.3 is 5.63 Å². The maximum absolute atomic E-state index is 13.2. The normalized spacial score (nSPS) is 18.9. The Morgan fingerprint density at radius 2 is 2.07 bits per heavy atom. The highest BCUT2D eigenvalue weighted by molar-refractivity contribution is 5.95. The van der Waals surface area contributed by atoms with Gasteiger partial charge in [0.2, 0.25) is 0 Å². The van der Waals surface area contributed by atoms with Gasteiger partial charge in [0.05, 0.1) is 24.3 Å². The Morgan fingerprint density at radius 3 is 2.70 bits per heavy atom. The average molecular weight is 408 g/mol. The summed E-state index contributed by atoms with van der Waals surface area (Å²) in [5.74, 6) is 2.12. The largest absolute Gasteiger partial charge is 0.427 e. The Labute approximate surface area is 173 Å². The summed E-state index contributed by atoms with van der Waals surface area (Å²) in [6, 6.07) is 1.82. The van der Waals surface area contributed by atoms with Crippen LogP contribution in [0, 0.1) is 6.92 Å². The second-order valence-corrected chi connectivity index (χ2v) is 8.37. The smallest absolute Gasteiger partial charge is 0.349 e. The van der Waals surface area contributed by atoms with E-state index in [-0.39, 0.29) is 17.5 Å². The molecular weight excluding hydrogens is 384 g/mol. The Bertz CT molecular complexity index is 1190. The maximum atomic E-state index is 13.2. The van der Waals surface area contributed by atoms with Gasteiger partial charge in [-0.2, -0.15) is 5.10 Å². The lowest BCUT2D eigenvalue weighted by molar-refractivity contribution is 0.0675. The van der Waals surface area contributed by atoms with Gasteiger partial charge in [-0.05, 0) is 38.3 Å². The molecule has 5 rings (SSSR count). The van der Waals surface area contributed by atoms with Gasteiger partial charge < -0.3 is 13.9 Å². The van der Waals surface area contributed by atoms with E-state index in [1.807, 2.05) is 37.7 Å². The van der Waals surface area contributed by atoms with E-state index in [0.717, 1.165) is 30.7 Å². The molecule has 1 aliphatic heterocycles. The molecule has 1 atom stereocenters. The van der Waals surface area contributed by atoms with E-state index in [0.29, 0.717) is 36.2 Å². The summed E-state index contributed by atoms with van der Waals surface area (Å²) in [4.78, 5) is 27.5. The summed E-state index contributed by atoms with van der Waals surface area (Å²) in [6.45, 7) is 4.57. The molecule has 1 aliphatic carbocycles. The van der Waals surface area contributed by atoms with Gasteiger partial charge in [0.25, 0.3) is 5.91 Å². The first-order chi connectivity index (χ1) is 14.4. The van der Waals surface area contributed by atoms with Gasteiger partial charge in [-0.1, -0.05) is 6.42 Å². The third-order valence-corrected chi connectivity index (χ3v) is 6.16. The Hall–Kier alpha value is -3.23. The molecule has 0 unspecified atom stereocenters. The molecule has 0 bridgehead atoms. The SMILES string of the molecule is Cc1cc(C2CCC2)oc(=O)c1C(=O)N1Cc2nnc(-c3cnn(C)c3)n2[C@@H](C)C1. The van der Waals surface area contributed by atoms with Gasteiger partial charge in [0.15, 0.2) is 11.6 Å². The molecule has 0 spiro atoms. The van der Waals surface area contributed by atoms with Gasteiger partial charge in [0.1, 0.15) is 11.3 Å². The molecule has 3 aromatic rings. The number of carbonyl (C=O) groups excluding carboxylic acids is 1. The van der Waals surface area contributed by atoms with Crippen LogP contribution >= 0.6 is 0 Å². The zero-order valence-corrected chi connectivity index (χ0v) is 17.3. The van der Waals surface area contributed by atoms with Crippen molar-refractivity contribution in [1.82, 2.24) is 29.4 Å². The fraction of sp³-hybridized carbons (Fsp3) is 0.476. The number of aromatic nitrogens is 5. The van der Waals surface area contributed by atoms with Crippen molar-refractivity contribution in [1.29, 1.82) is 0 Å². The van der Waals surface area contributed by atoms with Crippen molar-refractivity contribution in [2.24, 2.45) is 7.05 Å². The lowest BCUT2D eigenvalue weighted by atomic mass is 9.83. The van der Waals surface area contributed by atoms with Crippen LogP contribution in [0.25, 0.3) is 11.4 Å². The molecule has 30 heavy (non-hydrogen) atoms. The zero-order chi connectivity index (χ0) is 21.0. The standard InChI is InChI=1S/C21H24N6O3/c1-12-7-16(14-5-4-6-14)30-21(29)18(12)20(28)26-9-13(2)27-17(11-26)23-24-19(27)15-8-22-25(3)10-15/h7-8,10,13-14H,4-6,9,11H2,1-3H3/t13-/m0/s1. The van der Waals surface area contributed by atoms with Crippen LogP contribution in [-0.4, -0.2) is 41.9 Å². The van der Waals surface area contributed by atoms with E-state index in [9.17, 15) is 9.59 Å². The first kappa shape index (κ1) is 18.8. The zero-order valence-electron chi connectivity index (χ0n) is 17.3. The lowest BCUT2D eigenvalue weighted by Crippen LogP contribution is -2.42. The van der Waals surface area contributed by atoms with Crippen LogP contribution in [0.4, 0.5) is 0 Å². The number of hydrogen-bond donors (Lipinski definition) is 0. The van der Waals surface area contributed by atoms with Crippen molar-refractivity contribution in [3.8, 4) is 11.4 Å². The molecule has 9 nitrogen and oxygen atoms in total. The summed E-state index contributed by atoms with van der Waals surface area (Å²) in [6.07, 6.45) is 6.86. The van der Waals surface area contributed by atoms with Crippen LogP contribution in [0.5, 0.6) is 0 Å². The molecule has 2 aliphatic rings. The monoisotopic (exact) mass is 408 g/mol. The lowest BCUT2D eigenvalue weighted by Gasteiger charge is -2.32. The van der Waals surface area contributed by atoms with Crippen LogP contribution in [-0.2, 0) is 13.6 Å². The third kappa shape index (κ3) is 2.96. The van der Waals surface area contributed by atoms with E-state index in [2.05, 4.69) is 15.3 Å². The quantitative estimate of drug-likeness (QED) is 0.660. The molecule has 9 heteroatoms. The minimum Gasteiger partial charge on any atom is -0.427 e. The Kier molecular flexibility index (Phi) is 4.34. The van der Waals surface area contributed by atoms with Gasteiger partial charge in [-0.15, -0.1) is 10.2 Å². The molecule has 1 fully saturated rings. The highest BCUT2D eigenvalue weighted by Crippen LogP contribution is 2.36. The first-order valence-electron chi connectivity index (χ1n) is 10.3. The van der Waals surface area contributed by atoms with E-state index >= 15 is 0 Å². The second-order valence-electron chi connectivity index (χ2n) is 8.37. The first-order valence-corrected chi connectivity index (χ1v) is 10.3. The molecule has 0 radical (unpaired) electrons. The van der Waals surface area contributed by atoms with E-state index in [1.54, 1.807) is 15.8 Å². The Balaban J connectivity index is 1.44. The molecular formula is C21H24N6O3. The summed E-state index contributed by atoms with van der Waals surface area (Å²) < 4.78 is 9.28. The third-order valence-electron chi connectivity index (χ3n) is 6.16.